The Morgan fingerprint density at radius 1 is 0.722 bits per heavy atom. The molecule has 0 unspecified atom stereocenters. The normalized spacial score (nSPS) is 11.8. The number of nitrogens with zero attached hydrogens (tertiary/aromatic N) is 2. The standard InChI is InChI=1S/C31H47ClN2S2/c1-2-3-4-5-6-7-8-9-10-11-12-13-14-15-16-17-25-35-31(34-30-19-18-24-33-26-30)36-27-28-20-22-29(32)23-21-28/h18-24,26H,2-17,25,27H2,1H3. The number of hydrogen-bond acceptors (Lipinski definition) is 4. The Morgan fingerprint density at radius 3 is 1.81 bits per heavy atom. The molecule has 36 heavy (non-hydrogen) atoms. The van der Waals surface area contributed by atoms with Gasteiger partial charge in [0.25, 0.3) is 0 Å². The number of hydrogen-bond donors (Lipinski definition) is 0. The lowest BCUT2D eigenvalue weighted by Crippen LogP contribution is -1.92. The molecule has 0 aliphatic heterocycles. The van der Waals surface area contributed by atoms with Crippen molar-refractivity contribution < 1.29 is 0 Å². The summed E-state index contributed by atoms with van der Waals surface area (Å²) in [6.07, 6.45) is 26.2. The van der Waals surface area contributed by atoms with Crippen LogP contribution in [0.3, 0.4) is 0 Å². The first kappa shape index (κ1) is 31.2. The van der Waals surface area contributed by atoms with E-state index in [4.69, 9.17) is 16.6 Å². The Bertz CT molecular complexity index is 796. The Hall–Kier alpha value is -0.970. The second-order valence-electron chi connectivity index (χ2n) is 9.66. The van der Waals surface area contributed by atoms with Crippen molar-refractivity contribution in [2.24, 2.45) is 4.99 Å². The molecule has 2 nitrogen and oxygen atoms in total. The molecule has 5 heteroatoms. The predicted octanol–water partition coefficient (Wildman–Crippen LogP) is 11.7. The van der Waals surface area contributed by atoms with Gasteiger partial charge in [-0.2, -0.15) is 0 Å². The first-order valence-electron chi connectivity index (χ1n) is 14.3. The van der Waals surface area contributed by atoms with Crippen LogP contribution in [0.5, 0.6) is 0 Å². The number of rotatable bonds is 20. The van der Waals surface area contributed by atoms with Gasteiger partial charge in [0.05, 0.1) is 11.9 Å². The molecule has 0 fully saturated rings. The summed E-state index contributed by atoms with van der Waals surface area (Å²) in [4.78, 5) is 9.06. The van der Waals surface area contributed by atoms with Gasteiger partial charge in [0.2, 0.25) is 0 Å². The highest BCUT2D eigenvalue weighted by molar-refractivity contribution is 8.38. The largest absolute Gasteiger partial charge is 0.262 e. The van der Waals surface area contributed by atoms with Crippen LogP contribution in [0.1, 0.15) is 115 Å². The van der Waals surface area contributed by atoms with Crippen molar-refractivity contribution in [3.05, 3.63) is 59.4 Å². The number of thioether (sulfide) groups is 2. The van der Waals surface area contributed by atoms with Gasteiger partial charge in [0, 0.05) is 22.7 Å². The molecule has 0 saturated heterocycles. The Balaban J connectivity index is 1.50. The summed E-state index contributed by atoms with van der Waals surface area (Å²) in [5.41, 5.74) is 2.20. The fourth-order valence-corrected chi connectivity index (χ4v) is 6.40. The van der Waals surface area contributed by atoms with E-state index in [2.05, 4.69) is 24.0 Å². The first-order valence-corrected chi connectivity index (χ1v) is 16.6. The number of benzene rings is 1. The molecule has 2 rings (SSSR count). The van der Waals surface area contributed by atoms with Gasteiger partial charge in [-0.1, -0.05) is 150 Å². The SMILES string of the molecule is CCCCCCCCCCCCCCCCCCSC(=Nc1cccnc1)SCc1ccc(Cl)cc1. The lowest BCUT2D eigenvalue weighted by atomic mass is 10.0. The second-order valence-corrected chi connectivity index (χ2v) is 12.4. The van der Waals surface area contributed by atoms with Crippen LogP contribution in [-0.2, 0) is 5.75 Å². The fourth-order valence-electron chi connectivity index (χ4n) is 4.17. The van der Waals surface area contributed by atoms with Gasteiger partial charge in [0.1, 0.15) is 4.38 Å². The summed E-state index contributed by atoms with van der Waals surface area (Å²) in [7, 11) is 0. The maximum Gasteiger partial charge on any atom is 0.130 e. The monoisotopic (exact) mass is 546 g/mol. The van der Waals surface area contributed by atoms with Crippen LogP contribution in [0.25, 0.3) is 0 Å². The molecule has 0 amide bonds. The number of aromatic nitrogens is 1. The van der Waals surface area contributed by atoms with Crippen LogP contribution < -0.4 is 0 Å². The van der Waals surface area contributed by atoms with E-state index in [9.17, 15) is 0 Å². The fraction of sp³-hybridized carbons (Fsp3) is 0.613. The molecule has 0 aliphatic carbocycles. The lowest BCUT2D eigenvalue weighted by Gasteiger charge is -2.07. The Kier molecular flexibility index (Phi) is 19.1. The van der Waals surface area contributed by atoms with E-state index < -0.39 is 0 Å². The highest BCUT2D eigenvalue weighted by Gasteiger charge is 2.05. The van der Waals surface area contributed by atoms with Gasteiger partial charge in [-0.15, -0.1) is 0 Å². The van der Waals surface area contributed by atoms with Crippen molar-refractivity contribution in [1.29, 1.82) is 0 Å². The number of unbranched alkanes of at least 4 members (excludes halogenated alkanes) is 15. The summed E-state index contributed by atoms with van der Waals surface area (Å²) in [6.45, 7) is 2.29. The molecular formula is C31H47ClN2S2. The minimum atomic E-state index is 0.783. The van der Waals surface area contributed by atoms with E-state index in [0.29, 0.717) is 0 Å². The van der Waals surface area contributed by atoms with Crippen LogP contribution in [0, 0.1) is 0 Å². The average molecular weight is 547 g/mol. The highest BCUT2D eigenvalue weighted by atomic mass is 35.5. The molecule has 0 N–H and O–H groups in total. The maximum absolute atomic E-state index is 6.03. The molecule has 0 radical (unpaired) electrons. The molecule has 1 aromatic heterocycles. The number of halogens is 1. The molecule has 0 saturated carbocycles. The van der Waals surface area contributed by atoms with E-state index in [0.717, 1.165) is 26.6 Å². The molecule has 0 aliphatic rings. The van der Waals surface area contributed by atoms with Crippen molar-refractivity contribution in [3.63, 3.8) is 0 Å². The van der Waals surface area contributed by atoms with Crippen molar-refractivity contribution in [1.82, 2.24) is 4.98 Å². The molecule has 1 heterocycles. The van der Waals surface area contributed by atoms with Crippen LogP contribution in [0.15, 0.2) is 53.8 Å². The van der Waals surface area contributed by atoms with Crippen molar-refractivity contribution >= 4 is 45.2 Å². The van der Waals surface area contributed by atoms with Crippen LogP contribution in [0.4, 0.5) is 5.69 Å². The topological polar surface area (TPSA) is 25.2 Å². The zero-order valence-electron chi connectivity index (χ0n) is 22.4. The van der Waals surface area contributed by atoms with Crippen LogP contribution in [0.2, 0.25) is 5.02 Å². The van der Waals surface area contributed by atoms with Gasteiger partial charge >= 0.3 is 0 Å². The van der Waals surface area contributed by atoms with Crippen LogP contribution in [-0.4, -0.2) is 15.1 Å². The molecule has 200 valence electrons. The summed E-state index contributed by atoms with van der Waals surface area (Å²) < 4.78 is 1.12. The second kappa shape index (κ2) is 22.1. The Morgan fingerprint density at radius 2 is 1.28 bits per heavy atom. The molecule has 1 aromatic carbocycles. The van der Waals surface area contributed by atoms with E-state index in [-0.39, 0.29) is 0 Å². The third-order valence-corrected chi connectivity index (χ3v) is 8.97. The molecule has 0 atom stereocenters. The minimum absolute atomic E-state index is 0.783. The predicted molar refractivity (Wildman–Crippen MR) is 166 cm³/mol. The zero-order valence-corrected chi connectivity index (χ0v) is 24.8. The molecule has 0 spiro atoms. The number of pyridine rings is 1. The van der Waals surface area contributed by atoms with Crippen molar-refractivity contribution in [2.45, 2.75) is 115 Å². The molecular weight excluding hydrogens is 500 g/mol. The van der Waals surface area contributed by atoms with Crippen molar-refractivity contribution in [3.8, 4) is 0 Å². The third kappa shape index (κ3) is 16.7. The maximum atomic E-state index is 6.03. The zero-order chi connectivity index (χ0) is 25.5. The van der Waals surface area contributed by atoms with Gasteiger partial charge in [-0.3, -0.25) is 4.98 Å². The van der Waals surface area contributed by atoms with E-state index in [1.165, 1.54) is 108 Å². The van der Waals surface area contributed by atoms with Crippen molar-refractivity contribution in [2.75, 3.05) is 5.75 Å². The average Bonchev–Trinajstić information content (AvgIpc) is 2.90. The highest BCUT2D eigenvalue weighted by Crippen LogP contribution is 2.27. The molecule has 0 bridgehead atoms. The summed E-state index contributed by atoms with van der Waals surface area (Å²) in [6, 6.07) is 12.1. The van der Waals surface area contributed by atoms with Gasteiger partial charge < -0.3 is 0 Å². The summed E-state index contributed by atoms with van der Waals surface area (Å²) in [5, 5.41) is 0.783. The summed E-state index contributed by atoms with van der Waals surface area (Å²) in [5.74, 6) is 2.04. The first-order chi connectivity index (χ1) is 17.8. The molecule has 2 aromatic rings. The van der Waals surface area contributed by atoms with Gasteiger partial charge in [0.15, 0.2) is 0 Å². The third-order valence-electron chi connectivity index (χ3n) is 6.37. The number of aliphatic imine (C=N–C) groups is 1. The van der Waals surface area contributed by atoms with Gasteiger partial charge in [-0.05, 0) is 36.2 Å². The lowest BCUT2D eigenvalue weighted by molar-refractivity contribution is 0.532. The van der Waals surface area contributed by atoms with E-state index in [1.807, 2.05) is 42.2 Å². The van der Waals surface area contributed by atoms with E-state index >= 15 is 0 Å². The summed E-state index contributed by atoms with van der Waals surface area (Å²) >= 11 is 9.72. The Labute approximate surface area is 234 Å². The minimum Gasteiger partial charge on any atom is -0.262 e. The van der Waals surface area contributed by atoms with Crippen LogP contribution >= 0.6 is 35.1 Å². The quantitative estimate of drug-likeness (QED) is 0.0937. The van der Waals surface area contributed by atoms with Gasteiger partial charge in [-0.25, -0.2) is 4.99 Å². The smallest absolute Gasteiger partial charge is 0.130 e. The van der Waals surface area contributed by atoms with E-state index in [1.54, 1.807) is 18.0 Å².